The van der Waals surface area contributed by atoms with Gasteiger partial charge in [0.05, 0.1) is 13.7 Å². The first-order chi connectivity index (χ1) is 14.8. The van der Waals surface area contributed by atoms with Gasteiger partial charge in [-0.3, -0.25) is 0 Å². The van der Waals surface area contributed by atoms with Crippen LogP contribution in [0.5, 0.6) is 11.5 Å². The molecule has 0 aliphatic rings. The van der Waals surface area contributed by atoms with E-state index in [-0.39, 0.29) is 25.1 Å². The van der Waals surface area contributed by atoms with E-state index in [0.717, 1.165) is 11.3 Å². The number of aryl methyl sites for hydroxylation is 2. The van der Waals surface area contributed by atoms with Gasteiger partial charge in [-0.1, -0.05) is 5.16 Å². The number of hydrogen-bond acceptors (Lipinski definition) is 10. The summed E-state index contributed by atoms with van der Waals surface area (Å²) < 4.78 is 16.5. The van der Waals surface area contributed by atoms with Gasteiger partial charge in [0.2, 0.25) is 11.8 Å². The third kappa shape index (κ3) is 5.47. The van der Waals surface area contributed by atoms with Crippen LogP contribution < -0.4 is 14.8 Å². The average molecular weight is 429 g/mol. The van der Waals surface area contributed by atoms with E-state index in [4.69, 9.17) is 19.1 Å². The second-order valence-corrected chi connectivity index (χ2v) is 7.41. The van der Waals surface area contributed by atoms with Crippen molar-refractivity contribution in [3.63, 3.8) is 0 Å². The van der Waals surface area contributed by atoms with Gasteiger partial charge >= 0.3 is 0 Å². The summed E-state index contributed by atoms with van der Waals surface area (Å²) in [4.78, 5) is 13.3. The van der Waals surface area contributed by atoms with Crippen LogP contribution in [0.15, 0.2) is 22.7 Å². The molecule has 3 rings (SSSR count). The number of rotatable bonds is 9. The van der Waals surface area contributed by atoms with Gasteiger partial charge in [0.15, 0.2) is 11.5 Å². The van der Waals surface area contributed by atoms with Crippen molar-refractivity contribution in [2.45, 2.75) is 39.8 Å². The highest BCUT2D eigenvalue weighted by molar-refractivity contribution is 5.65. The first-order valence-corrected chi connectivity index (χ1v) is 9.87. The summed E-state index contributed by atoms with van der Waals surface area (Å²) in [5.74, 6) is 2.06. The van der Waals surface area contributed by atoms with Gasteiger partial charge in [-0.15, -0.1) is 0 Å². The number of hydrogen-bond donors (Lipinski definition) is 3. The molecular weight excluding hydrogens is 402 g/mol. The molecule has 10 nitrogen and oxygen atoms in total. The van der Waals surface area contributed by atoms with Crippen LogP contribution in [0.2, 0.25) is 0 Å². The molecule has 1 unspecified atom stereocenters. The fourth-order valence-corrected chi connectivity index (χ4v) is 2.89. The van der Waals surface area contributed by atoms with E-state index >= 15 is 0 Å². The van der Waals surface area contributed by atoms with Crippen molar-refractivity contribution in [1.29, 1.82) is 0 Å². The molecule has 1 aromatic carbocycles. The number of nitrogens with one attached hydrogen (secondary N) is 1. The quantitative estimate of drug-likeness (QED) is 0.465. The predicted molar refractivity (Wildman–Crippen MR) is 114 cm³/mol. The molecular formula is C21H27N5O5. The zero-order valence-corrected chi connectivity index (χ0v) is 18.2. The Bertz CT molecular complexity index is 1040. The van der Waals surface area contributed by atoms with Crippen molar-refractivity contribution in [1.82, 2.24) is 20.1 Å². The monoisotopic (exact) mass is 429 g/mol. The Kier molecular flexibility index (Phi) is 7.03. The van der Waals surface area contributed by atoms with Crippen molar-refractivity contribution in [3.05, 3.63) is 29.5 Å². The van der Waals surface area contributed by atoms with Gasteiger partial charge in [0, 0.05) is 17.3 Å². The number of aromatic nitrogens is 4. The molecule has 0 radical (unpaired) electrons. The van der Waals surface area contributed by atoms with Gasteiger partial charge < -0.3 is 29.5 Å². The summed E-state index contributed by atoms with van der Waals surface area (Å²) in [7, 11) is 1.52. The third-order valence-electron chi connectivity index (χ3n) is 4.27. The highest BCUT2D eigenvalue weighted by Crippen LogP contribution is 2.36. The number of ether oxygens (including phenoxy) is 2. The molecule has 2 aromatic heterocycles. The standard InChI is InChI=1S/C21H27N5O5/c1-11(2)22-21-23-13(4)7-16(24-21)20-25-19(26-31-20)14-6-12(3)18(17(8-14)29-5)30-10-15(28)9-27/h6-8,11,15,27-28H,9-10H2,1-5H3,(H,22,23,24). The molecule has 0 saturated heterocycles. The summed E-state index contributed by atoms with van der Waals surface area (Å²) in [5.41, 5.74) is 2.73. The molecule has 0 aliphatic heterocycles. The summed E-state index contributed by atoms with van der Waals surface area (Å²) in [6, 6.07) is 5.51. The van der Waals surface area contributed by atoms with E-state index in [9.17, 15) is 5.11 Å². The summed E-state index contributed by atoms with van der Waals surface area (Å²) in [6.45, 7) is 7.27. The molecule has 31 heavy (non-hydrogen) atoms. The van der Waals surface area contributed by atoms with Crippen LogP contribution in [0.3, 0.4) is 0 Å². The van der Waals surface area contributed by atoms with Crippen molar-refractivity contribution in [3.8, 4) is 34.5 Å². The molecule has 1 atom stereocenters. The molecule has 0 fully saturated rings. The van der Waals surface area contributed by atoms with Crippen molar-refractivity contribution >= 4 is 5.95 Å². The summed E-state index contributed by atoms with van der Waals surface area (Å²) >= 11 is 0. The lowest BCUT2D eigenvalue weighted by atomic mass is 10.1. The van der Waals surface area contributed by atoms with Crippen LogP contribution in [-0.2, 0) is 0 Å². The zero-order valence-electron chi connectivity index (χ0n) is 18.2. The van der Waals surface area contributed by atoms with Crippen LogP contribution in [0.4, 0.5) is 5.95 Å². The Labute approximate surface area is 180 Å². The third-order valence-corrected chi connectivity index (χ3v) is 4.27. The zero-order chi connectivity index (χ0) is 22.5. The second-order valence-electron chi connectivity index (χ2n) is 7.41. The topological polar surface area (TPSA) is 136 Å². The maximum Gasteiger partial charge on any atom is 0.277 e. The van der Waals surface area contributed by atoms with Gasteiger partial charge in [-0.05, 0) is 51.5 Å². The van der Waals surface area contributed by atoms with Crippen LogP contribution in [-0.4, -0.2) is 62.8 Å². The van der Waals surface area contributed by atoms with Crippen LogP contribution >= 0.6 is 0 Å². The van der Waals surface area contributed by atoms with Gasteiger partial charge in [0.1, 0.15) is 18.4 Å². The number of methoxy groups -OCH3 is 1. The molecule has 3 aromatic rings. The van der Waals surface area contributed by atoms with Crippen LogP contribution in [0, 0.1) is 13.8 Å². The number of aliphatic hydroxyl groups is 2. The Balaban J connectivity index is 1.90. The maximum atomic E-state index is 9.54. The lowest BCUT2D eigenvalue weighted by Crippen LogP contribution is -2.21. The molecule has 0 bridgehead atoms. The van der Waals surface area contributed by atoms with Gasteiger partial charge in [-0.2, -0.15) is 4.98 Å². The maximum absolute atomic E-state index is 9.54. The molecule has 0 spiro atoms. The van der Waals surface area contributed by atoms with Crippen LogP contribution in [0.1, 0.15) is 25.1 Å². The molecule has 3 N–H and O–H groups in total. The normalized spacial score (nSPS) is 12.1. The van der Waals surface area contributed by atoms with Crippen LogP contribution in [0.25, 0.3) is 23.0 Å². The first-order valence-electron chi connectivity index (χ1n) is 9.87. The molecule has 0 saturated carbocycles. The minimum absolute atomic E-state index is 0.0563. The SMILES string of the molecule is COc1cc(-c2noc(-c3cc(C)nc(NC(C)C)n3)n2)cc(C)c1OCC(O)CO. The minimum Gasteiger partial charge on any atom is -0.493 e. The lowest BCUT2D eigenvalue weighted by Gasteiger charge is -2.16. The van der Waals surface area contributed by atoms with Gasteiger partial charge in [-0.25, -0.2) is 9.97 Å². The Morgan fingerprint density at radius 1 is 1.13 bits per heavy atom. The van der Waals surface area contributed by atoms with Crippen molar-refractivity contribution < 1.29 is 24.2 Å². The molecule has 166 valence electrons. The number of anilines is 1. The molecule has 0 aliphatic carbocycles. The molecule has 2 heterocycles. The van der Waals surface area contributed by atoms with E-state index in [1.54, 1.807) is 12.1 Å². The lowest BCUT2D eigenvalue weighted by molar-refractivity contribution is 0.0525. The summed E-state index contributed by atoms with van der Waals surface area (Å²) in [6.07, 6.45) is -0.977. The average Bonchev–Trinajstić information content (AvgIpc) is 3.21. The predicted octanol–water partition coefficient (Wildman–Crippen LogP) is 2.37. The van der Waals surface area contributed by atoms with E-state index in [0.29, 0.717) is 34.5 Å². The minimum atomic E-state index is -0.977. The highest BCUT2D eigenvalue weighted by atomic mass is 16.5. The smallest absolute Gasteiger partial charge is 0.277 e. The van der Waals surface area contributed by atoms with Gasteiger partial charge in [0.25, 0.3) is 5.89 Å². The molecule has 0 amide bonds. The Morgan fingerprint density at radius 3 is 2.58 bits per heavy atom. The van der Waals surface area contributed by atoms with Crippen molar-refractivity contribution in [2.75, 3.05) is 25.6 Å². The van der Waals surface area contributed by atoms with Crippen molar-refractivity contribution in [2.24, 2.45) is 0 Å². The highest BCUT2D eigenvalue weighted by Gasteiger charge is 2.18. The number of benzene rings is 1. The first kappa shape index (κ1) is 22.4. The van der Waals surface area contributed by atoms with E-state index in [1.165, 1.54) is 7.11 Å². The van der Waals surface area contributed by atoms with E-state index in [2.05, 4.69) is 25.4 Å². The number of aliphatic hydroxyl groups excluding tert-OH is 2. The summed E-state index contributed by atoms with van der Waals surface area (Å²) in [5, 5.41) is 25.8. The van der Waals surface area contributed by atoms with E-state index in [1.807, 2.05) is 33.8 Å². The fourth-order valence-electron chi connectivity index (χ4n) is 2.89. The number of nitrogens with zero attached hydrogens (tertiary/aromatic N) is 4. The second kappa shape index (κ2) is 9.71. The Morgan fingerprint density at radius 2 is 1.90 bits per heavy atom. The fraction of sp³-hybridized carbons (Fsp3) is 0.429. The van der Waals surface area contributed by atoms with E-state index < -0.39 is 6.10 Å². The Hall–Kier alpha value is -3.24. The largest absolute Gasteiger partial charge is 0.493 e. The molecule has 10 heteroatoms.